The van der Waals surface area contributed by atoms with Crippen LogP contribution in [0.4, 0.5) is 0 Å². The Morgan fingerprint density at radius 2 is 2.00 bits per heavy atom. The molecule has 0 fully saturated rings. The van der Waals surface area contributed by atoms with E-state index in [0.717, 1.165) is 24.3 Å². The van der Waals surface area contributed by atoms with E-state index in [1.54, 1.807) is 0 Å². The van der Waals surface area contributed by atoms with Gasteiger partial charge in [0.15, 0.2) is 11.5 Å². The third-order valence-corrected chi connectivity index (χ3v) is 2.97. The van der Waals surface area contributed by atoms with Gasteiger partial charge in [0.1, 0.15) is 13.2 Å². The molecule has 2 rings (SSSR count). The second-order valence-corrected chi connectivity index (χ2v) is 4.21. The molecule has 1 aromatic carbocycles. The summed E-state index contributed by atoms with van der Waals surface area (Å²) in [6.07, 6.45) is 2.20. The summed E-state index contributed by atoms with van der Waals surface area (Å²) >= 11 is 0. The normalized spacial score (nSPS) is 15.9. The Morgan fingerprint density at radius 3 is 2.75 bits per heavy atom. The number of hydrogen-bond acceptors (Lipinski definition) is 3. The van der Waals surface area contributed by atoms with Gasteiger partial charge in [-0.1, -0.05) is 6.07 Å². The van der Waals surface area contributed by atoms with Crippen molar-refractivity contribution in [2.45, 2.75) is 25.8 Å². The quantitative estimate of drug-likeness (QED) is 0.843. The Kier molecular flexibility index (Phi) is 3.67. The molecular formula is C13H19NO2. The Labute approximate surface area is 96.8 Å². The second kappa shape index (κ2) is 5.21. The first kappa shape index (κ1) is 11.3. The number of nitrogens with one attached hydrogen (secondary N) is 1. The Morgan fingerprint density at radius 1 is 1.25 bits per heavy atom. The van der Waals surface area contributed by atoms with Gasteiger partial charge in [-0.2, -0.15) is 0 Å². The van der Waals surface area contributed by atoms with Gasteiger partial charge in [-0.15, -0.1) is 0 Å². The maximum atomic E-state index is 5.56. The fourth-order valence-electron chi connectivity index (χ4n) is 1.77. The number of ether oxygens (including phenoxy) is 2. The maximum absolute atomic E-state index is 5.56. The van der Waals surface area contributed by atoms with Gasteiger partial charge < -0.3 is 14.8 Å². The first-order chi connectivity index (χ1) is 7.79. The summed E-state index contributed by atoms with van der Waals surface area (Å²) in [5, 5.41) is 3.24. The SMILES string of the molecule is CNC(C)CCc1ccc2c(c1)OCCO2. The lowest BCUT2D eigenvalue weighted by Gasteiger charge is -2.19. The van der Waals surface area contributed by atoms with Crippen molar-refractivity contribution in [3.63, 3.8) is 0 Å². The third-order valence-electron chi connectivity index (χ3n) is 2.97. The molecule has 0 saturated heterocycles. The topological polar surface area (TPSA) is 30.5 Å². The monoisotopic (exact) mass is 221 g/mol. The molecule has 3 heteroatoms. The molecule has 0 amide bonds. The Balaban J connectivity index is 2.00. The second-order valence-electron chi connectivity index (χ2n) is 4.21. The van der Waals surface area contributed by atoms with Crippen LogP contribution in [-0.2, 0) is 6.42 Å². The van der Waals surface area contributed by atoms with Crippen molar-refractivity contribution in [1.82, 2.24) is 5.32 Å². The van der Waals surface area contributed by atoms with Gasteiger partial charge in [0.05, 0.1) is 0 Å². The summed E-state index contributed by atoms with van der Waals surface area (Å²) in [5.74, 6) is 1.76. The molecule has 1 atom stereocenters. The summed E-state index contributed by atoms with van der Waals surface area (Å²) in [4.78, 5) is 0. The number of benzene rings is 1. The van der Waals surface area contributed by atoms with Gasteiger partial charge in [-0.05, 0) is 44.5 Å². The van der Waals surface area contributed by atoms with Crippen LogP contribution in [0.2, 0.25) is 0 Å². The van der Waals surface area contributed by atoms with Crippen molar-refractivity contribution in [2.75, 3.05) is 20.3 Å². The fourth-order valence-corrected chi connectivity index (χ4v) is 1.77. The molecule has 0 bridgehead atoms. The van der Waals surface area contributed by atoms with Crippen molar-refractivity contribution >= 4 is 0 Å². The standard InChI is InChI=1S/C13H19NO2/c1-10(14-2)3-4-11-5-6-12-13(9-11)16-8-7-15-12/h5-6,9-10,14H,3-4,7-8H2,1-2H3. The molecule has 1 aromatic rings. The van der Waals surface area contributed by atoms with E-state index in [2.05, 4.69) is 24.4 Å². The number of fused-ring (bicyclic) bond motifs is 1. The number of aryl methyl sites for hydroxylation is 1. The number of rotatable bonds is 4. The lowest BCUT2D eigenvalue weighted by atomic mass is 10.1. The predicted octanol–water partition coefficient (Wildman–Crippen LogP) is 2.00. The van der Waals surface area contributed by atoms with Gasteiger partial charge >= 0.3 is 0 Å². The van der Waals surface area contributed by atoms with Crippen molar-refractivity contribution < 1.29 is 9.47 Å². The zero-order valence-electron chi connectivity index (χ0n) is 9.95. The van der Waals surface area contributed by atoms with Crippen LogP contribution in [0.3, 0.4) is 0 Å². The van der Waals surface area contributed by atoms with E-state index < -0.39 is 0 Å². The largest absolute Gasteiger partial charge is 0.486 e. The average molecular weight is 221 g/mol. The molecule has 0 spiro atoms. The van der Waals surface area contributed by atoms with E-state index >= 15 is 0 Å². The molecule has 3 nitrogen and oxygen atoms in total. The van der Waals surface area contributed by atoms with Gasteiger partial charge in [-0.25, -0.2) is 0 Å². The van der Waals surface area contributed by atoms with Crippen molar-refractivity contribution in [1.29, 1.82) is 0 Å². The molecule has 1 aliphatic rings. The summed E-state index contributed by atoms with van der Waals surface area (Å²) in [6, 6.07) is 6.77. The Bertz CT molecular complexity index is 352. The molecule has 0 aromatic heterocycles. The third kappa shape index (κ3) is 2.67. The fraction of sp³-hybridized carbons (Fsp3) is 0.538. The van der Waals surface area contributed by atoms with Gasteiger partial charge in [-0.3, -0.25) is 0 Å². The predicted molar refractivity (Wildman–Crippen MR) is 64.3 cm³/mol. The molecule has 1 N–H and O–H groups in total. The minimum atomic E-state index is 0.549. The van der Waals surface area contributed by atoms with E-state index in [1.165, 1.54) is 5.56 Å². The highest BCUT2D eigenvalue weighted by Crippen LogP contribution is 2.31. The van der Waals surface area contributed by atoms with E-state index in [-0.39, 0.29) is 0 Å². The smallest absolute Gasteiger partial charge is 0.161 e. The van der Waals surface area contributed by atoms with Crippen LogP contribution in [-0.4, -0.2) is 26.3 Å². The maximum Gasteiger partial charge on any atom is 0.161 e. The van der Waals surface area contributed by atoms with Crippen LogP contribution in [0.5, 0.6) is 11.5 Å². The summed E-state index contributed by atoms with van der Waals surface area (Å²) in [7, 11) is 1.99. The van der Waals surface area contributed by atoms with E-state index in [1.807, 2.05) is 13.1 Å². The zero-order chi connectivity index (χ0) is 11.4. The summed E-state index contributed by atoms with van der Waals surface area (Å²) in [6.45, 7) is 3.50. The van der Waals surface area contributed by atoms with Gasteiger partial charge in [0, 0.05) is 6.04 Å². The molecule has 1 heterocycles. The minimum absolute atomic E-state index is 0.549. The molecule has 1 aliphatic heterocycles. The molecule has 88 valence electrons. The zero-order valence-corrected chi connectivity index (χ0v) is 9.95. The van der Waals surface area contributed by atoms with E-state index in [0.29, 0.717) is 19.3 Å². The molecule has 0 aliphatic carbocycles. The molecule has 0 saturated carbocycles. The molecule has 0 radical (unpaired) electrons. The molecule has 16 heavy (non-hydrogen) atoms. The van der Waals surface area contributed by atoms with Gasteiger partial charge in [0.2, 0.25) is 0 Å². The lowest BCUT2D eigenvalue weighted by Crippen LogP contribution is -2.21. The van der Waals surface area contributed by atoms with Crippen molar-refractivity contribution in [2.24, 2.45) is 0 Å². The van der Waals surface area contributed by atoms with Crippen LogP contribution in [0.25, 0.3) is 0 Å². The highest BCUT2D eigenvalue weighted by Gasteiger charge is 2.11. The van der Waals surface area contributed by atoms with Crippen LogP contribution in [0.1, 0.15) is 18.9 Å². The van der Waals surface area contributed by atoms with Crippen molar-refractivity contribution in [3.05, 3.63) is 23.8 Å². The van der Waals surface area contributed by atoms with Gasteiger partial charge in [0.25, 0.3) is 0 Å². The first-order valence-corrected chi connectivity index (χ1v) is 5.85. The Hall–Kier alpha value is -1.22. The van der Waals surface area contributed by atoms with Crippen molar-refractivity contribution in [3.8, 4) is 11.5 Å². The minimum Gasteiger partial charge on any atom is -0.486 e. The lowest BCUT2D eigenvalue weighted by molar-refractivity contribution is 0.171. The highest BCUT2D eigenvalue weighted by molar-refractivity contribution is 5.43. The molecular weight excluding hydrogens is 202 g/mol. The van der Waals surface area contributed by atoms with Crippen LogP contribution < -0.4 is 14.8 Å². The van der Waals surface area contributed by atoms with Crippen LogP contribution >= 0.6 is 0 Å². The van der Waals surface area contributed by atoms with Crippen LogP contribution in [0.15, 0.2) is 18.2 Å². The van der Waals surface area contributed by atoms with E-state index in [4.69, 9.17) is 9.47 Å². The summed E-state index contributed by atoms with van der Waals surface area (Å²) < 4.78 is 11.0. The van der Waals surface area contributed by atoms with E-state index in [9.17, 15) is 0 Å². The first-order valence-electron chi connectivity index (χ1n) is 5.85. The molecule has 1 unspecified atom stereocenters. The number of hydrogen-bond donors (Lipinski definition) is 1. The summed E-state index contributed by atoms with van der Waals surface area (Å²) in [5.41, 5.74) is 1.31. The average Bonchev–Trinajstić information content (AvgIpc) is 2.35. The highest BCUT2D eigenvalue weighted by atomic mass is 16.6. The van der Waals surface area contributed by atoms with Crippen LogP contribution in [0, 0.1) is 0 Å².